The molecule has 12 nitrogen and oxygen atoms in total. The van der Waals surface area contributed by atoms with E-state index in [1.54, 1.807) is 79.9 Å². The first-order valence-corrected chi connectivity index (χ1v) is 21.2. The van der Waals surface area contributed by atoms with Crippen molar-refractivity contribution in [3.8, 4) is 0 Å². The summed E-state index contributed by atoms with van der Waals surface area (Å²) in [6.07, 6.45) is 2.06. The Balaban J connectivity index is 0.000000238. The van der Waals surface area contributed by atoms with Gasteiger partial charge in [-0.05, 0) is 51.0 Å². The number of aliphatic hydroxyl groups is 2. The predicted molar refractivity (Wildman–Crippen MR) is 200 cm³/mol. The third-order valence-corrected chi connectivity index (χ3v) is 13.5. The lowest BCUT2D eigenvalue weighted by Gasteiger charge is -2.24. The molecular formula is C39H56O12S2. The van der Waals surface area contributed by atoms with Gasteiger partial charge in [-0.3, -0.25) is 0 Å². The summed E-state index contributed by atoms with van der Waals surface area (Å²) in [5, 5.41) is 18.8. The third kappa shape index (κ3) is 11.5. The molecule has 1 unspecified atom stereocenters. The van der Waals surface area contributed by atoms with Crippen molar-refractivity contribution in [1.82, 2.24) is 0 Å². The Morgan fingerprint density at radius 3 is 1.64 bits per heavy atom. The molecule has 5 rings (SSSR count). The first-order valence-electron chi connectivity index (χ1n) is 17.9. The molecule has 2 aromatic carbocycles. The maximum absolute atomic E-state index is 13.0. The summed E-state index contributed by atoms with van der Waals surface area (Å²) < 4.78 is 86.4. The van der Waals surface area contributed by atoms with Crippen molar-refractivity contribution in [2.24, 2.45) is 11.8 Å². The highest BCUT2D eigenvalue weighted by atomic mass is 32.2. The number of benzene rings is 2. The molecule has 0 aromatic heterocycles. The van der Waals surface area contributed by atoms with Gasteiger partial charge in [0.15, 0.2) is 25.5 Å². The zero-order valence-corrected chi connectivity index (χ0v) is 32.7. The Bertz CT molecular complexity index is 1650. The van der Waals surface area contributed by atoms with Gasteiger partial charge in [0, 0.05) is 38.9 Å². The fraction of sp³-hybridized carbons (Fsp3) is 0.590. The SMILES string of the molecule is C=CC[C@@H]1O[C@H](CC2COC(C)(C)O2)[C@H](OC)[C@H]1CS(=O)(=O)c1ccccc1.C=CC[C@@H]1O[C@H](C[C@H](O)CO)[C@H](OC)[C@H]1CS(=O)(=O)c1ccccc1. The molecule has 0 radical (unpaired) electrons. The first kappa shape index (κ1) is 43.2. The van der Waals surface area contributed by atoms with Crippen LogP contribution in [0.1, 0.15) is 39.5 Å². The topological polar surface area (TPSA) is 164 Å². The van der Waals surface area contributed by atoms with Crippen LogP contribution in [0.5, 0.6) is 0 Å². The van der Waals surface area contributed by atoms with Gasteiger partial charge in [-0.15, -0.1) is 13.2 Å². The summed E-state index contributed by atoms with van der Waals surface area (Å²) in [7, 11) is -3.85. The second-order valence-electron chi connectivity index (χ2n) is 14.2. The van der Waals surface area contributed by atoms with Gasteiger partial charge >= 0.3 is 0 Å². The van der Waals surface area contributed by atoms with Crippen LogP contribution in [0.3, 0.4) is 0 Å². The highest BCUT2D eigenvalue weighted by Crippen LogP contribution is 2.38. The molecule has 296 valence electrons. The Morgan fingerprint density at radius 2 is 1.25 bits per heavy atom. The zero-order chi connectivity index (χ0) is 38.8. The fourth-order valence-corrected chi connectivity index (χ4v) is 10.8. The number of ether oxygens (including phenoxy) is 6. The van der Waals surface area contributed by atoms with Crippen molar-refractivity contribution < 1.29 is 55.5 Å². The minimum absolute atomic E-state index is 0.0297. The van der Waals surface area contributed by atoms with Crippen LogP contribution < -0.4 is 0 Å². The van der Waals surface area contributed by atoms with Crippen molar-refractivity contribution in [3.63, 3.8) is 0 Å². The van der Waals surface area contributed by atoms with Crippen LogP contribution in [0.2, 0.25) is 0 Å². The molecule has 3 heterocycles. The molecule has 0 amide bonds. The molecule has 3 fully saturated rings. The highest BCUT2D eigenvalue weighted by molar-refractivity contribution is 7.91. The summed E-state index contributed by atoms with van der Waals surface area (Å²) in [4.78, 5) is 0.584. The smallest absolute Gasteiger partial charge is 0.178 e. The van der Waals surface area contributed by atoms with E-state index < -0.39 is 43.8 Å². The largest absolute Gasteiger partial charge is 0.394 e. The van der Waals surface area contributed by atoms with E-state index in [0.717, 1.165) is 0 Å². The van der Waals surface area contributed by atoms with Crippen LogP contribution in [0.4, 0.5) is 0 Å². The number of aliphatic hydroxyl groups excluding tert-OH is 2. The third-order valence-electron chi connectivity index (χ3n) is 9.88. The van der Waals surface area contributed by atoms with E-state index in [4.69, 9.17) is 33.5 Å². The predicted octanol–water partition coefficient (Wildman–Crippen LogP) is 4.15. The fourth-order valence-electron chi connectivity index (χ4n) is 7.44. The highest BCUT2D eigenvalue weighted by Gasteiger charge is 2.49. The van der Waals surface area contributed by atoms with Gasteiger partial charge in [0.2, 0.25) is 0 Å². The van der Waals surface area contributed by atoms with Crippen LogP contribution in [-0.4, -0.2) is 121 Å². The molecule has 10 atom stereocenters. The minimum atomic E-state index is -3.50. The molecule has 2 N–H and O–H groups in total. The summed E-state index contributed by atoms with van der Waals surface area (Å²) >= 11 is 0. The number of methoxy groups -OCH3 is 2. The molecule has 14 heteroatoms. The van der Waals surface area contributed by atoms with Gasteiger partial charge in [0.05, 0.1) is 83.3 Å². The van der Waals surface area contributed by atoms with Gasteiger partial charge in [-0.1, -0.05) is 48.6 Å². The molecule has 0 spiro atoms. The van der Waals surface area contributed by atoms with Crippen molar-refractivity contribution in [1.29, 1.82) is 0 Å². The van der Waals surface area contributed by atoms with Crippen LogP contribution in [0.25, 0.3) is 0 Å². The van der Waals surface area contributed by atoms with Crippen LogP contribution in [-0.2, 0) is 48.1 Å². The summed E-state index contributed by atoms with van der Waals surface area (Å²) in [5.41, 5.74) is 0. The summed E-state index contributed by atoms with van der Waals surface area (Å²) in [6, 6.07) is 16.8. The van der Waals surface area contributed by atoms with E-state index >= 15 is 0 Å². The summed E-state index contributed by atoms with van der Waals surface area (Å²) in [5.74, 6) is -1.42. The second kappa shape index (κ2) is 19.4. The second-order valence-corrected chi connectivity index (χ2v) is 18.2. The lowest BCUT2D eigenvalue weighted by molar-refractivity contribution is -0.144. The standard InChI is InChI=1S/C21H30O6S.C18H26O6S/c1-5-9-18-17(14-28(22,23)16-10-7-6-8-11-16)20(24-4)19(26-18)12-15-13-25-21(2,3)27-15;1-3-7-16-15(12-25(21,22)14-8-5-4-6-9-14)18(23-2)17(24-16)10-13(20)11-19/h5-8,10-11,15,17-20H,1,9,12-14H2,2-4H3;3-6,8-9,13,15-20H,1,7,10-12H2,2H3/t15?,17-,18-,19+,20+;13-,15-,16-,17+,18+/m00/s1. The molecule has 0 bridgehead atoms. The van der Waals surface area contributed by atoms with Gasteiger partial charge < -0.3 is 38.6 Å². The molecular weight excluding hydrogens is 725 g/mol. The van der Waals surface area contributed by atoms with Gasteiger partial charge in [-0.2, -0.15) is 0 Å². The maximum Gasteiger partial charge on any atom is 0.178 e. The van der Waals surface area contributed by atoms with Crippen molar-refractivity contribution in [3.05, 3.63) is 86.0 Å². The molecule has 53 heavy (non-hydrogen) atoms. The van der Waals surface area contributed by atoms with Crippen molar-refractivity contribution >= 4 is 19.7 Å². The van der Waals surface area contributed by atoms with Gasteiger partial charge in [-0.25, -0.2) is 16.8 Å². The normalized spacial score (nSPS) is 30.3. The average molecular weight is 781 g/mol. The van der Waals surface area contributed by atoms with Crippen LogP contribution >= 0.6 is 0 Å². The average Bonchev–Trinajstić information content (AvgIpc) is 3.76. The van der Waals surface area contributed by atoms with E-state index in [-0.39, 0.29) is 71.8 Å². The first-order chi connectivity index (χ1) is 25.2. The monoisotopic (exact) mass is 780 g/mol. The molecule has 3 aliphatic heterocycles. The zero-order valence-electron chi connectivity index (χ0n) is 31.1. The molecule has 2 aromatic rings. The lowest BCUT2D eigenvalue weighted by Crippen LogP contribution is -2.36. The lowest BCUT2D eigenvalue weighted by atomic mass is 9.94. The number of rotatable bonds is 17. The van der Waals surface area contributed by atoms with E-state index in [9.17, 15) is 21.9 Å². The molecule has 0 saturated carbocycles. The van der Waals surface area contributed by atoms with E-state index in [1.165, 1.54) is 7.11 Å². The van der Waals surface area contributed by atoms with Crippen LogP contribution in [0, 0.1) is 11.8 Å². The Morgan fingerprint density at radius 1 is 0.792 bits per heavy atom. The minimum Gasteiger partial charge on any atom is -0.394 e. The summed E-state index contributed by atoms with van der Waals surface area (Å²) in [6.45, 7) is 11.4. The molecule has 3 aliphatic rings. The Labute approximate surface area is 314 Å². The van der Waals surface area contributed by atoms with E-state index in [0.29, 0.717) is 30.8 Å². The molecule has 0 aliphatic carbocycles. The van der Waals surface area contributed by atoms with E-state index in [2.05, 4.69) is 13.2 Å². The Hall–Kier alpha value is -2.50. The quantitative estimate of drug-likeness (QED) is 0.221. The van der Waals surface area contributed by atoms with Crippen molar-refractivity contribution in [2.45, 2.75) is 104 Å². The maximum atomic E-state index is 13.0. The number of hydrogen-bond donors (Lipinski definition) is 2. The van der Waals surface area contributed by atoms with Gasteiger partial charge in [0.1, 0.15) is 0 Å². The van der Waals surface area contributed by atoms with Gasteiger partial charge in [0.25, 0.3) is 0 Å². The van der Waals surface area contributed by atoms with E-state index in [1.807, 2.05) is 13.8 Å². The number of hydrogen-bond acceptors (Lipinski definition) is 12. The van der Waals surface area contributed by atoms with Crippen molar-refractivity contribution in [2.75, 3.05) is 38.9 Å². The number of sulfone groups is 2. The molecule has 3 saturated heterocycles. The Kier molecular flexibility index (Phi) is 15.8. The van der Waals surface area contributed by atoms with Crippen LogP contribution in [0.15, 0.2) is 95.8 Å².